The molecule has 180 valence electrons. The van der Waals surface area contributed by atoms with Gasteiger partial charge in [-0.2, -0.15) is 5.10 Å². The van der Waals surface area contributed by atoms with Gasteiger partial charge in [0.2, 0.25) is 5.91 Å². The van der Waals surface area contributed by atoms with Gasteiger partial charge in [0, 0.05) is 5.56 Å². The van der Waals surface area contributed by atoms with E-state index in [0.29, 0.717) is 11.4 Å². The minimum atomic E-state index is -1.11. The van der Waals surface area contributed by atoms with E-state index in [4.69, 9.17) is 11.6 Å². The van der Waals surface area contributed by atoms with E-state index in [1.807, 2.05) is 13.8 Å². The number of nitrogens with one attached hydrogen (secondary N) is 3. The van der Waals surface area contributed by atoms with Gasteiger partial charge in [-0.05, 0) is 70.4 Å². The number of hydrogen-bond acceptors (Lipinski definition) is 3. The second-order valence-electron chi connectivity index (χ2n) is 10.2. The van der Waals surface area contributed by atoms with Crippen LogP contribution in [0.25, 0.3) is 0 Å². The zero-order valence-electron chi connectivity index (χ0n) is 19.9. The van der Waals surface area contributed by atoms with E-state index in [-0.39, 0.29) is 27.9 Å². The Morgan fingerprint density at radius 2 is 1.88 bits per heavy atom. The summed E-state index contributed by atoms with van der Waals surface area (Å²) < 4.78 is 14.0. The van der Waals surface area contributed by atoms with Crippen LogP contribution in [0.3, 0.4) is 0 Å². The Bertz CT molecular complexity index is 1140. The van der Waals surface area contributed by atoms with Crippen LogP contribution in [-0.2, 0) is 16.9 Å². The second-order valence-corrected chi connectivity index (χ2v) is 15.0. The number of H-pyrrole nitrogens is 1. The van der Waals surface area contributed by atoms with Gasteiger partial charge in [0.1, 0.15) is 5.82 Å². The van der Waals surface area contributed by atoms with E-state index in [0.717, 1.165) is 30.5 Å². The third kappa shape index (κ3) is 3.69. The largest absolute Gasteiger partial charge is 0.323 e. The smallest absolute Gasteiger partial charge is 0.309 e. The highest BCUT2D eigenvalue weighted by atomic mass is 35.5. The van der Waals surface area contributed by atoms with Gasteiger partial charge in [0.15, 0.2) is 5.82 Å². The number of carbonyl (C=O) groups excluding carboxylic acids is 2. The van der Waals surface area contributed by atoms with Crippen molar-refractivity contribution in [1.82, 2.24) is 15.1 Å². The summed E-state index contributed by atoms with van der Waals surface area (Å²) in [6, 6.07) is 2.36. The summed E-state index contributed by atoms with van der Waals surface area (Å²) in [5.41, 5.74) is 1.39. The van der Waals surface area contributed by atoms with Crippen LogP contribution < -0.4 is 10.6 Å². The molecule has 3 N–H and O–H groups in total. The molecule has 2 aromatic rings. The van der Waals surface area contributed by atoms with Crippen molar-refractivity contribution in [3.63, 3.8) is 0 Å². The number of carbonyl (C=O) groups is 2. The molecule has 0 saturated heterocycles. The maximum atomic E-state index is 14.3. The van der Waals surface area contributed by atoms with Gasteiger partial charge in [-0.3, -0.25) is 9.89 Å². The average Bonchev–Trinajstić information content (AvgIpc) is 3.18. The summed E-state index contributed by atoms with van der Waals surface area (Å²) in [5, 5.41) is 13.2. The lowest BCUT2D eigenvalue weighted by atomic mass is 9.83. The molecule has 1 fully saturated rings. The monoisotopic (exact) mass is 495 g/mol. The molecule has 0 atom stereocenters. The van der Waals surface area contributed by atoms with Gasteiger partial charge < -0.3 is 15.5 Å². The molecule has 2 heterocycles. The number of benzene rings is 1. The zero-order chi connectivity index (χ0) is 24.3. The van der Waals surface area contributed by atoms with Crippen molar-refractivity contribution in [3.05, 3.63) is 39.8 Å². The molecular weight excluding hydrogens is 465 g/mol. The number of aryl methyl sites for hydroxylation is 1. The number of amides is 3. The summed E-state index contributed by atoms with van der Waals surface area (Å²) in [6.45, 7) is 5.73. The summed E-state index contributed by atoms with van der Waals surface area (Å²) in [6.07, 6.45) is 9.33. The van der Waals surface area contributed by atoms with Crippen LogP contribution in [0.1, 0.15) is 49.9 Å². The highest BCUT2D eigenvalue weighted by molar-refractivity contribution is 8.33. The highest BCUT2D eigenvalue weighted by Crippen LogP contribution is 2.60. The first kappa shape index (κ1) is 23.9. The molecule has 1 aromatic carbocycles. The van der Waals surface area contributed by atoms with Crippen molar-refractivity contribution in [2.45, 2.75) is 56.9 Å². The molecular formula is C23H31ClFN5O2S. The third-order valence-electron chi connectivity index (χ3n) is 7.21. The number of rotatable bonds is 4. The third-order valence-corrected chi connectivity index (χ3v) is 10.6. The fourth-order valence-electron chi connectivity index (χ4n) is 4.73. The Morgan fingerprint density at radius 1 is 1.21 bits per heavy atom. The second kappa shape index (κ2) is 7.91. The minimum absolute atomic E-state index is 0.000119. The molecule has 10 heteroatoms. The van der Waals surface area contributed by atoms with Crippen LogP contribution in [0.5, 0.6) is 0 Å². The molecule has 1 aromatic heterocycles. The van der Waals surface area contributed by atoms with Gasteiger partial charge >= 0.3 is 6.03 Å². The van der Waals surface area contributed by atoms with E-state index in [9.17, 15) is 14.0 Å². The van der Waals surface area contributed by atoms with Crippen molar-refractivity contribution >= 4 is 45.1 Å². The molecule has 7 nitrogen and oxygen atoms in total. The van der Waals surface area contributed by atoms with Crippen LogP contribution in [0.2, 0.25) is 5.02 Å². The quantitative estimate of drug-likeness (QED) is 0.534. The van der Waals surface area contributed by atoms with E-state index in [1.165, 1.54) is 6.07 Å². The fourth-order valence-corrected chi connectivity index (χ4v) is 7.05. The average molecular weight is 496 g/mol. The highest BCUT2D eigenvalue weighted by Gasteiger charge is 2.51. The van der Waals surface area contributed by atoms with Crippen molar-refractivity contribution in [3.8, 4) is 0 Å². The molecule has 0 unspecified atom stereocenters. The lowest BCUT2D eigenvalue weighted by Gasteiger charge is -2.53. The van der Waals surface area contributed by atoms with Crippen LogP contribution in [0, 0.1) is 12.7 Å². The van der Waals surface area contributed by atoms with Gasteiger partial charge in [-0.1, -0.05) is 17.7 Å². The van der Waals surface area contributed by atoms with Crippen LogP contribution in [0.15, 0.2) is 12.1 Å². The molecule has 0 spiro atoms. The number of nitrogens with zero attached hydrogens (tertiary/aromatic N) is 2. The molecule has 0 bridgehead atoms. The number of aromatic amines is 1. The van der Waals surface area contributed by atoms with Crippen LogP contribution >= 0.6 is 21.6 Å². The van der Waals surface area contributed by atoms with E-state index in [1.54, 1.807) is 17.9 Å². The Morgan fingerprint density at radius 3 is 2.45 bits per heavy atom. The standard InChI is InChI=1S/C23H31ClFN5O2S/c1-13-8-9-15(25)17(16(13)24)26-21(32)30-12-14-18(22(30,2)3)28-29-19(14)27-20(31)23(10-7-11-23)33(4,5)6/h8-9H,7,10-12H2,1-6H3,(H,26,32)(H2,27,28,29,31). The van der Waals surface area contributed by atoms with E-state index in [2.05, 4.69) is 39.6 Å². The predicted octanol–water partition coefficient (Wildman–Crippen LogP) is 5.35. The first-order chi connectivity index (χ1) is 15.3. The van der Waals surface area contributed by atoms with Gasteiger partial charge in [-0.25, -0.2) is 19.2 Å². The summed E-state index contributed by atoms with van der Waals surface area (Å²) >= 11 is 6.23. The normalized spacial score (nSPS) is 19.0. The number of fused-ring (bicyclic) bond motifs is 1. The fraction of sp³-hybridized carbons (Fsp3) is 0.522. The number of anilines is 2. The summed E-state index contributed by atoms with van der Waals surface area (Å²) in [5.74, 6) is -0.146. The number of halogens is 2. The molecule has 0 radical (unpaired) electrons. The summed E-state index contributed by atoms with van der Waals surface area (Å²) in [4.78, 5) is 28.0. The lowest BCUT2D eigenvalue weighted by molar-refractivity contribution is -0.120. The molecule has 1 aliphatic heterocycles. The number of urea groups is 1. The Labute approximate surface area is 200 Å². The van der Waals surface area contributed by atoms with Crippen molar-refractivity contribution in [2.24, 2.45) is 0 Å². The maximum absolute atomic E-state index is 14.3. The zero-order valence-corrected chi connectivity index (χ0v) is 21.4. The molecule has 3 amide bonds. The predicted molar refractivity (Wildman–Crippen MR) is 133 cm³/mol. The molecule has 2 aliphatic rings. The van der Waals surface area contributed by atoms with Crippen molar-refractivity contribution < 1.29 is 14.0 Å². The summed E-state index contributed by atoms with van der Waals surface area (Å²) in [7, 11) is -1.11. The Hall–Kier alpha value is -2.26. The SMILES string of the molecule is Cc1ccc(F)c(NC(=O)N2Cc3c(NC(=O)C4(S(C)(C)C)CCC4)n[nH]c3C2(C)C)c1Cl. The van der Waals surface area contributed by atoms with Gasteiger partial charge in [0.25, 0.3) is 0 Å². The number of aromatic nitrogens is 2. The molecule has 33 heavy (non-hydrogen) atoms. The topological polar surface area (TPSA) is 90.1 Å². The van der Waals surface area contributed by atoms with Gasteiger partial charge in [-0.15, -0.1) is 0 Å². The molecule has 1 saturated carbocycles. The van der Waals surface area contributed by atoms with Crippen LogP contribution in [-0.4, -0.2) is 50.5 Å². The minimum Gasteiger partial charge on any atom is -0.309 e. The van der Waals surface area contributed by atoms with Crippen molar-refractivity contribution in [1.29, 1.82) is 0 Å². The Balaban J connectivity index is 1.57. The van der Waals surface area contributed by atoms with E-state index >= 15 is 0 Å². The first-order valence-electron chi connectivity index (χ1n) is 10.9. The first-order valence-corrected chi connectivity index (χ1v) is 14.1. The van der Waals surface area contributed by atoms with Crippen molar-refractivity contribution in [2.75, 3.05) is 29.4 Å². The van der Waals surface area contributed by atoms with Crippen LogP contribution in [0.4, 0.5) is 20.7 Å². The van der Waals surface area contributed by atoms with Gasteiger partial charge in [0.05, 0.1) is 33.2 Å². The molecule has 1 aliphatic carbocycles. The number of hydrogen-bond donors (Lipinski definition) is 3. The Kier molecular flexibility index (Phi) is 5.72. The van der Waals surface area contributed by atoms with E-state index < -0.39 is 27.4 Å². The molecule has 4 rings (SSSR count). The lowest BCUT2D eigenvalue weighted by Crippen LogP contribution is -2.51. The maximum Gasteiger partial charge on any atom is 0.323 e.